The third kappa shape index (κ3) is 6.15. The molecular weight excluding hydrogens is 357 g/mol. The third-order valence-corrected chi connectivity index (χ3v) is 4.58. The van der Waals surface area contributed by atoms with Gasteiger partial charge >= 0.3 is 6.36 Å². The summed E-state index contributed by atoms with van der Waals surface area (Å²) < 4.78 is 41.1. The fourth-order valence-electron chi connectivity index (χ4n) is 3.20. The number of halogens is 3. The van der Waals surface area contributed by atoms with E-state index in [0.717, 1.165) is 43.7 Å². The number of aliphatic hydroxyl groups is 1. The van der Waals surface area contributed by atoms with Crippen molar-refractivity contribution in [1.82, 2.24) is 4.90 Å². The van der Waals surface area contributed by atoms with Crippen molar-refractivity contribution in [3.05, 3.63) is 59.7 Å². The fourth-order valence-corrected chi connectivity index (χ4v) is 3.20. The first kappa shape index (κ1) is 19.5. The molecule has 2 aromatic carbocycles. The molecule has 27 heavy (non-hydrogen) atoms. The molecule has 0 bridgehead atoms. The standard InChI is InChI=1S/C20H23F3N2O2/c21-20(22,23)27-18-6-3-4-15(12-18)13-24-19-7-2-1-5-16(19)14-25-10-8-17(26)9-11-25/h1-7,12,17,24,26H,8-11,13-14H2. The van der Waals surface area contributed by atoms with E-state index in [9.17, 15) is 18.3 Å². The maximum Gasteiger partial charge on any atom is 0.573 e. The lowest BCUT2D eigenvalue weighted by atomic mass is 10.1. The first-order chi connectivity index (χ1) is 12.9. The van der Waals surface area contributed by atoms with Crippen molar-refractivity contribution >= 4 is 5.69 Å². The van der Waals surface area contributed by atoms with Crippen LogP contribution in [0.2, 0.25) is 0 Å². The number of hydrogen-bond donors (Lipinski definition) is 2. The van der Waals surface area contributed by atoms with Gasteiger partial charge in [0.25, 0.3) is 0 Å². The first-order valence-corrected chi connectivity index (χ1v) is 8.96. The Labute approximate surface area is 156 Å². The first-order valence-electron chi connectivity index (χ1n) is 8.96. The number of nitrogens with one attached hydrogen (secondary N) is 1. The minimum atomic E-state index is -4.69. The van der Waals surface area contributed by atoms with Crippen LogP contribution in [-0.4, -0.2) is 35.6 Å². The molecule has 4 nitrogen and oxygen atoms in total. The van der Waals surface area contributed by atoms with E-state index in [1.165, 1.54) is 12.1 Å². The number of hydrogen-bond acceptors (Lipinski definition) is 4. The van der Waals surface area contributed by atoms with E-state index in [-0.39, 0.29) is 11.9 Å². The highest BCUT2D eigenvalue weighted by atomic mass is 19.4. The lowest BCUT2D eigenvalue weighted by molar-refractivity contribution is -0.274. The number of anilines is 1. The SMILES string of the molecule is OC1CCN(Cc2ccccc2NCc2cccc(OC(F)(F)F)c2)CC1. The summed E-state index contributed by atoms with van der Waals surface area (Å²) in [5.74, 6) is -0.220. The number of aliphatic hydroxyl groups excluding tert-OH is 1. The molecule has 1 aliphatic rings. The van der Waals surface area contributed by atoms with Gasteiger partial charge in [-0.3, -0.25) is 4.90 Å². The van der Waals surface area contributed by atoms with Gasteiger partial charge in [-0.25, -0.2) is 0 Å². The van der Waals surface area contributed by atoms with Crippen LogP contribution in [0.4, 0.5) is 18.9 Å². The van der Waals surface area contributed by atoms with Crippen molar-refractivity contribution in [1.29, 1.82) is 0 Å². The monoisotopic (exact) mass is 380 g/mol. The van der Waals surface area contributed by atoms with Gasteiger partial charge in [-0.1, -0.05) is 30.3 Å². The molecule has 1 aliphatic heterocycles. The second-order valence-electron chi connectivity index (χ2n) is 6.71. The Hall–Kier alpha value is -2.25. The number of rotatable bonds is 6. The van der Waals surface area contributed by atoms with Crippen LogP contribution in [0.5, 0.6) is 5.75 Å². The van der Waals surface area contributed by atoms with E-state index in [2.05, 4.69) is 15.0 Å². The summed E-state index contributed by atoms with van der Waals surface area (Å²) in [5, 5.41) is 12.9. The summed E-state index contributed by atoms with van der Waals surface area (Å²) in [6.07, 6.45) is -3.34. The van der Waals surface area contributed by atoms with Crippen molar-refractivity contribution in [2.45, 2.75) is 38.4 Å². The number of nitrogens with zero attached hydrogens (tertiary/aromatic N) is 1. The predicted octanol–water partition coefficient (Wildman–Crippen LogP) is 4.15. The number of ether oxygens (including phenoxy) is 1. The van der Waals surface area contributed by atoms with Crippen LogP contribution in [0.1, 0.15) is 24.0 Å². The number of alkyl halides is 3. The van der Waals surface area contributed by atoms with Crippen molar-refractivity contribution < 1.29 is 23.0 Å². The summed E-state index contributed by atoms with van der Waals surface area (Å²) >= 11 is 0. The van der Waals surface area contributed by atoms with Crippen molar-refractivity contribution in [3.8, 4) is 5.75 Å². The molecule has 0 unspecified atom stereocenters. The molecule has 1 fully saturated rings. The van der Waals surface area contributed by atoms with Gasteiger partial charge in [-0.2, -0.15) is 0 Å². The molecule has 2 N–H and O–H groups in total. The van der Waals surface area contributed by atoms with E-state index in [4.69, 9.17) is 0 Å². The van der Waals surface area contributed by atoms with E-state index in [1.807, 2.05) is 24.3 Å². The molecule has 0 atom stereocenters. The van der Waals surface area contributed by atoms with Gasteiger partial charge in [-0.15, -0.1) is 13.2 Å². The number of benzene rings is 2. The molecule has 7 heteroatoms. The van der Waals surface area contributed by atoms with E-state index >= 15 is 0 Å². The van der Waals surface area contributed by atoms with E-state index < -0.39 is 6.36 Å². The van der Waals surface area contributed by atoms with Crippen LogP contribution >= 0.6 is 0 Å². The number of likely N-dealkylation sites (tertiary alicyclic amines) is 1. The topological polar surface area (TPSA) is 44.7 Å². The zero-order chi connectivity index (χ0) is 19.3. The fraction of sp³-hybridized carbons (Fsp3) is 0.400. The molecule has 1 heterocycles. The molecule has 0 radical (unpaired) electrons. The Balaban J connectivity index is 1.62. The summed E-state index contributed by atoms with van der Waals surface area (Å²) in [7, 11) is 0. The number of para-hydroxylation sites is 1. The Morgan fingerprint density at radius 1 is 1.07 bits per heavy atom. The van der Waals surface area contributed by atoms with Gasteiger partial charge in [0.2, 0.25) is 0 Å². The smallest absolute Gasteiger partial charge is 0.406 e. The Morgan fingerprint density at radius 2 is 1.81 bits per heavy atom. The van der Waals surface area contributed by atoms with Gasteiger partial charge in [0.1, 0.15) is 5.75 Å². The van der Waals surface area contributed by atoms with Gasteiger partial charge in [-0.05, 0) is 42.2 Å². The van der Waals surface area contributed by atoms with Gasteiger partial charge < -0.3 is 15.2 Å². The van der Waals surface area contributed by atoms with Crippen LogP contribution in [-0.2, 0) is 13.1 Å². The van der Waals surface area contributed by atoms with Crippen molar-refractivity contribution in [2.24, 2.45) is 0 Å². The summed E-state index contributed by atoms with van der Waals surface area (Å²) in [5.41, 5.74) is 2.77. The molecule has 1 saturated heterocycles. The maximum atomic E-state index is 12.4. The van der Waals surface area contributed by atoms with E-state index in [0.29, 0.717) is 12.1 Å². The quantitative estimate of drug-likeness (QED) is 0.790. The lowest BCUT2D eigenvalue weighted by Gasteiger charge is -2.30. The van der Waals surface area contributed by atoms with Gasteiger partial charge in [0.05, 0.1) is 6.10 Å². The third-order valence-electron chi connectivity index (χ3n) is 4.58. The number of piperidine rings is 1. The van der Waals surface area contributed by atoms with Crippen LogP contribution in [0.15, 0.2) is 48.5 Å². The van der Waals surface area contributed by atoms with E-state index in [1.54, 1.807) is 12.1 Å². The predicted molar refractivity (Wildman–Crippen MR) is 97.4 cm³/mol. The largest absolute Gasteiger partial charge is 0.573 e. The molecule has 0 amide bonds. The van der Waals surface area contributed by atoms with Crippen LogP contribution in [0.25, 0.3) is 0 Å². The summed E-state index contributed by atoms with van der Waals surface area (Å²) in [6.45, 7) is 2.87. The highest BCUT2D eigenvalue weighted by molar-refractivity contribution is 5.51. The van der Waals surface area contributed by atoms with Crippen LogP contribution in [0, 0.1) is 0 Å². The zero-order valence-electron chi connectivity index (χ0n) is 14.9. The summed E-state index contributed by atoms with van der Waals surface area (Å²) in [6, 6.07) is 13.9. The molecule has 2 aromatic rings. The average Bonchev–Trinajstić information content (AvgIpc) is 2.62. The molecule has 146 valence electrons. The highest BCUT2D eigenvalue weighted by Gasteiger charge is 2.31. The zero-order valence-corrected chi connectivity index (χ0v) is 14.9. The van der Waals surface area contributed by atoms with Gasteiger partial charge in [0.15, 0.2) is 0 Å². The second-order valence-corrected chi connectivity index (χ2v) is 6.71. The Morgan fingerprint density at radius 3 is 2.56 bits per heavy atom. The van der Waals surface area contributed by atoms with Crippen molar-refractivity contribution in [3.63, 3.8) is 0 Å². The minimum absolute atomic E-state index is 0.208. The second kappa shape index (κ2) is 8.63. The molecular formula is C20H23F3N2O2. The average molecular weight is 380 g/mol. The minimum Gasteiger partial charge on any atom is -0.406 e. The van der Waals surface area contributed by atoms with Crippen LogP contribution < -0.4 is 10.1 Å². The Bertz CT molecular complexity index is 744. The normalized spacial score (nSPS) is 16.3. The van der Waals surface area contributed by atoms with Gasteiger partial charge in [0, 0.05) is 31.9 Å². The molecule has 0 aliphatic carbocycles. The lowest BCUT2D eigenvalue weighted by Crippen LogP contribution is -2.35. The molecule has 0 saturated carbocycles. The maximum absolute atomic E-state index is 12.4. The summed E-state index contributed by atoms with van der Waals surface area (Å²) in [4.78, 5) is 2.30. The highest BCUT2D eigenvalue weighted by Crippen LogP contribution is 2.25. The Kier molecular flexibility index (Phi) is 6.23. The molecule has 0 aromatic heterocycles. The molecule has 3 rings (SSSR count). The molecule has 0 spiro atoms. The van der Waals surface area contributed by atoms with Crippen molar-refractivity contribution in [2.75, 3.05) is 18.4 Å². The van der Waals surface area contributed by atoms with Crippen LogP contribution in [0.3, 0.4) is 0 Å².